The summed E-state index contributed by atoms with van der Waals surface area (Å²) in [6.45, 7) is 3.57. The van der Waals surface area contributed by atoms with Crippen LogP contribution in [0.4, 0.5) is 0 Å². The number of aliphatic hydroxyl groups is 1. The van der Waals surface area contributed by atoms with Gasteiger partial charge in [0.05, 0.1) is 0 Å². The summed E-state index contributed by atoms with van der Waals surface area (Å²) in [4.78, 5) is 0. The van der Waals surface area contributed by atoms with E-state index in [4.69, 9.17) is 19.3 Å². The van der Waals surface area contributed by atoms with Crippen molar-refractivity contribution in [2.24, 2.45) is 0 Å². The Morgan fingerprint density at radius 1 is 1.50 bits per heavy atom. The molecule has 1 saturated heterocycles. The summed E-state index contributed by atoms with van der Waals surface area (Å²) in [6.07, 6.45) is 1.21. The van der Waals surface area contributed by atoms with Gasteiger partial charge >= 0.3 is 0 Å². The fraction of sp³-hybridized carbons (Fsp3) is 0.750. The van der Waals surface area contributed by atoms with Crippen molar-refractivity contribution in [1.29, 1.82) is 0 Å². The molecule has 0 aromatic carbocycles. The molecule has 2 atom stereocenters. The van der Waals surface area contributed by atoms with Gasteiger partial charge in [-0.25, -0.2) is 0 Å². The highest BCUT2D eigenvalue weighted by molar-refractivity contribution is 5.08. The molecule has 0 aliphatic carbocycles. The molecular formula is C8H12O4. The van der Waals surface area contributed by atoms with Gasteiger partial charge in [-0.15, -0.1) is 0 Å². The summed E-state index contributed by atoms with van der Waals surface area (Å²) in [5.41, 5.74) is 0. The first-order chi connectivity index (χ1) is 5.61. The summed E-state index contributed by atoms with van der Waals surface area (Å²) in [5.74, 6) is -0.0483. The summed E-state index contributed by atoms with van der Waals surface area (Å²) < 4.78 is 16.1. The predicted molar refractivity (Wildman–Crippen MR) is 40.1 cm³/mol. The zero-order valence-electron chi connectivity index (χ0n) is 7.11. The minimum atomic E-state index is -0.577. The van der Waals surface area contributed by atoms with E-state index in [1.54, 1.807) is 6.08 Å². The molecule has 0 saturated carbocycles. The number of rotatable bonds is 1. The van der Waals surface area contributed by atoms with E-state index in [9.17, 15) is 0 Å². The van der Waals surface area contributed by atoms with Gasteiger partial charge < -0.3 is 19.3 Å². The monoisotopic (exact) mass is 172 g/mol. The Morgan fingerprint density at radius 3 is 2.83 bits per heavy atom. The van der Waals surface area contributed by atoms with E-state index in [2.05, 4.69) is 0 Å². The molecule has 2 heterocycles. The molecule has 4 nitrogen and oxygen atoms in total. The molecular weight excluding hydrogens is 160 g/mol. The Morgan fingerprint density at radius 2 is 2.25 bits per heavy atom. The fourth-order valence-electron chi connectivity index (χ4n) is 1.42. The standard InChI is InChI=1S/C8H12O4/c1-8(2)11-6-3-5(4-9)10-7(6)12-8/h3,6-7,9H,4H2,1-2H3/t6-,7-/m1/s1. The van der Waals surface area contributed by atoms with Crippen LogP contribution in [-0.4, -0.2) is 29.9 Å². The second-order valence-electron chi connectivity index (χ2n) is 3.38. The fourth-order valence-corrected chi connectivity index (χ4v) is 1.42. The van der Waals surface area contributed by atoms with Crippen molar-refractivity contribution in [3.05, 3.63) is 11.8 Å². The van der Waals surface area contributed by atoms with E-state index in [0.29, 0.717) is 5.76 Å². The minimum Gasteiger partial charge on any atom is -0.464 e. The molecule has 2 rings (SSSR count). The van der Waals surface area contributed by atoms with Crippen LogP contribution in [0.25, 0.3) is 0 Å². The number of aliphatic hydroxyl groups excluding tert-OH is 1. The van der Waals surface area contributed by atoms with Crippen LogP contribution >= 0.6 is 0 Å². The lowest BCUT2D eigenvalue weighted by molar-refractivity contribution is -0.182. The average Bonchev–Trinajstić information content (AvgIpc) is 2.40. The van der Waals surface area contributed by atoms with Gasteiger partial charge in [0.15, 0.2) is 5.79 Å². The highest BCUT2D eigenvalue weighted by Crippen LogP contribution is 2.34. The van der Waals surface area contributed by atoms with Gasteiger partial charge in [-0.05, 0) is 19.9 Å². The minimum absolute atomic E-state index is 0.0971. The summed E-state index contributed by atoms with van der Waals surface area (Å²) in [7, 11) is 0. The molecule has 1 fully saturated rings. The topological polar surface area (TPSA) is 47.9 Å². The van der Waals surface area contributed by atoms with Gasteiger partial charge in [-0.3, -0.25) is 0 Å². The van der Waals surface area contributed by atoms with Gasteiger partial charge in [-0.1, -0.05) is 0 Å². The highest BCUT2D eigenvalue weighted by atomic mass is 16.8. The molecule has 12 heavy (non-hydrogen) atoms. The molecule has 0 amide bonds. The molecule has 4 heteroatoms. The maximum atomic E-state index is 8.75. The first-order valence-corrected chi connectivity index (χ1v) is 3.94. The molecule has 0 unspecified atom stereocenters. The van der Waals surface area contributed by atoms with E-state index < -0.39 is 5.79 Å². The molecule has 1 N–H and O–H groups in total. The smallest absolute Gasteiger partial charge is 0.232 e. The zero-order chi connectivity index (χ0) is 8.77. The zero-order valence-corrected chi connectivity index (χ0v) is 7.11. The number of fused-ring (bicyclic) bond motifs is 1. The number of hydrogen-bond donors (Lipinski definition) is 1. The lowest BCUT2D eigenvalue weighted by Gasteiger charge is -2.17. The first-order valence-electron chi connectivity index (χ1n) is 3.94. The van der Waals surface area contributed by atoms with Crippen molar-refractivity contribution >= 4 is 0 Å². The van der Waals surface area contributed by atoms with Crippen molar-refractivity contribution in [3.63, 3.8) is 0 Å². The van der Waals surface area contributed by atoms with Crippen LogP contribution in [0.15, 0.2) is 11.8 Å². The Kier molecular flexibility index (Phi) is 1.64. The van der Waals surface area contributed by atoms with Crippen molar-refractivity contribution in [1.82, 2.24) is 0 Å². The summed E-state index contributed by atoms with van der Waals surface area (Å²) >= 11 is 0. The van der Waals surface area contributed by atoms with Crippen LogP contribution in [0.5, 0.6) is 0 Å². The molecule has 68 valence electrons. The predicted octanol–water partition coefficient (Wildman–Crippen LogP) is 0.370. The van der Waals surface area contributed by atoms with Crippen molar-refractivity contribution in [3.8, 4) is 0 Å². The summed E-state index contributed by atoms with van der Waals surface area (Å²) in [6, 6.07) is 0. The molecule has 2 aliphatic rings. The van der Waals surface area contributed by atoms with E-state index in [1.165, 1.54) is 0 Å². The Hall–Kier alpha value is -0.580. The van der Waals surface area contributed by atoms with Crippen LogP contribution in [0.1, 0.15) is 13.8 Å². The molecule has 0 radical (unpaired) electrons. The molecule has 0 aromatic rings. The quantitative estimate of drug-likeness (QED) is 0.620. The van der Waals surface area contributed by atoms with Crippen LogP contribution < -0.4 is 0 Å². The summed E-state index contributed by atoms with van der Waals surface area (Å²) in [5, 5.41) is 8.75. The molecule has 0 aromatic heterocycles. The van der Waals surface area contributed by atoms with Crippen molar-refractivity contribution in [2.75, 3.05) is 6.61 Å². The lowest BCUT2D eigenvalue weighted by Crippen LogP contribution is -2.22. The van der Waals surface area contributed by atoms with E-state index in [1.807, 2.05) is 13.8 Å². The van der Waals surface area contributed by atoms with Gasteiger partial charge in [0, 0.05) is 0 Å². The van der Waals surface area contributed by atoms with E-state index in [-0.39, 0.29) is 19.0 Å². The Labute approximate surface area is 70.7 Å². The third kappa shape index (κ3) is 1.22. The normalized spacial score (nSPS) is 37.4. The van der Waals surface area contributed by atoms with Gasteiger partial charge in [-0.2, -0.15) is 0 Å². The molecule has 0 bridgehead atoms. The third-order valence-electron chi connectivity index (χ3n) is 1.86. The van der Waals surface area contributed by atoms with Crippen LogP contribution in [-0.2, 0) is 14.2 Å². The Balaban J connectivity index is 2.08. The van der Waals surface area contributed by atoms with Crippen molar-refractivity contribution in [2.45, 2.75) is 32.0 Å². The van der Waals surface area contributed by atoms with Gasteiger partial charge in [0.25, 0.3) is 0 Å². The molecule has 2 aliphatic heterocycles. The largest absolute Gasteiger partial charge is 0.464 e. The number of ether oxygens (including phenoxy) is 3. The van der Waals surface area contributed by atoms with E-state index >= 15 is 0 Å². The number of hydrogen-bond acceptors (Lipinski definition) is 4. The molecule has 0 spiro atoms. The second-order valence-corrected chi connectivity index (χ2v) is 3.38. The van der Waals surface area contributed by atoms with Crippen LogP contribution in [0.3, 0.4) is 0 Å². The Bertz CT molecular complexity index is 221. The van der Waals surface area contributed by atoms with Gasteiger partial charge in [0.1, 0.15) is 18.5 Å². The average molecular weight is 172 g/mol. The van der Waals surface area contributed by atoms with Crippen LogP contribution in [0.2, 0.25) is 0 Å². The first kappa shape index (κ1) is 8.04. The maximum absolute atomic E-state index is 8.75. The van der Waals surface area contributed by atoms with Crippen LogP contribution in [0, 0.1) is 0 Å². The SMILES string of the molecule is CC1(C)O[C@H]2OC(CO)=C[C@H]2O1. The second kappa shape index (κ2) is 2.45. The van der Waals surface area contributed by atoms with Crippen molar-refractivity contribution < 1.29 is 19.3 Å². The van der Waals surface area contributed by atoms with E-state index in [0.717, 1.165) is 0 Å². The van der Waals surface area contributed by atoms with Gasteiger partial charge in [0.2, 0.25) is 6.29 Å². The maximum Gasteiger partial charge on any atom is 0.232 e. The highest BCUT2D eigenvalue weighted by Gasteiger charge is 2.45. The third-order valence-corrected chi connectivity index (χ3v) is 1.86. The lowest BCUT2D eigenvalue weighted by atomic mass is 10.3.